The first kappa shape index (κ1) is 20.9. The van der Waals surface area contributed by atoms with Gasteiger partial charge in [0.05, 0.1) is 35.0 Å². The number of anilines is 3. The standard InChI is InChI=1S/C24H23FN6O2/c1-13-7-10-16-20(21(13)25)18(11-19(28-16)29-24(32)14-8-9-14)27-17-6-4-5-15(22(17)33-3)23-26-12-31(2)30-23/h4-7,10-12,14H,8-9H2,1-3H3,(H2,27,28,29,32). The first-order valence-electron chi connectivity index (χ1n) is 10.7. The molecule has 0 spiro atoms. The van der Waals surface area contributed by atoms with E-state index in [0.717, 1.165) is 12.8 Å². The molecule has 8 nitrogen and oxygen atoms in total. The lowest BCUT2D eigenvalue weighted by Crippen LogP contribution is -2.14. The van der Waals surface area contributed by atoms with Crippen molar-refractivity contribution in [3.05, 3.63) is 54.1 Å². The number of carbonyl (C=O) groups is 1. The minimum absolute atomic E-state index is 0.0244. The lowest BCUT2D eigenvalue weighted by Gasteiger charge is -2.17. The van der Waals surface area contributed by atoms with Crippen molar-refractivity contribution in [2.24, 2.45) is 13.0 Å². The van der Waals surface area contributed by atoms with Crippen LogP contribution in [0, 0.1) is 18.7 Å². The summed E-state index contributed by atoms with van der Waals surface area (Å²) in [4.78, 5) is 21.1. The van der Waals surface area contributed by atoms with E-state index < -0.39 is 0 Å². The van der Waals surface area contributed by atoms with Crippen LogP contribution in [-0.4, -0.2) is 32.8 Å². The average Bonchev–Trinajstić information content (AvgIpc) is 3.57. The van der Waals surface area contributed by atoms with Crippen LogP contribution < -0.4 is 15.4 Å². The van der Waals surface area contributed by atoms with Gasteiger partial charge in [0.25, 0.3) is 0 Å². The Morgan fingerprint density at radius 2 is 2.03 bits per heavy atom. The minimum atomic E-state index is -0.371. The van der Waals surface area contributed by atoms with Crippen molar-refractivity contribution in [2.75, 3.05) is 17.7 Å². The molecule has 0 saturated heterocycles. The van der Waals surface area contributed by atoms with Gasteiger partial charge in [0.15, 0.2) is 11.6 Å². The first-order chi connectivity index (χ1) is 15.9. The maximum absolute atomic E-state index is 15.2. The SMILES string of the molecule is COc1c(Nc2cc(NC(=O)C3CC3)nc3ccc(C)c(F)c23)cccc1-c1ncn(C)n1. The number of nitrogens with zero attached hydrogens (tertiary/aromatic N) is 4. The number of para-hydroxylation sites is 1. The molecule has 0 bridgehead atoms. The predicted octanol–water partition coefficient (Wildman–Crippen LogP) is 4.58. The van der Waals surface area contributed by atoms with E-state index in [-0.39, 0.29) is 17.6 Å². The molecular weight excluding hydrogens is 423 g/mol. The molecule has 0 atom stereocenters. The van der Waals surface area contributed by atoms with Crippen molar-refractivity contribution >= 4 is 34.0 Å². The molecule has 0 aliphatic heterocycles. The molecule has 1 fully saturated rings. The molecule has 9 heteroatoms. The molecule has 0 unspecified atom stereocenters. The van der Waals surface area contributed by atoms with Crippen molar-refractivity contribution in [3.8, 4) is 17.1 Å². The molecule has 1 aliphatic carbocycles. The third kappa shape index (κ3) is 3.97. The molecule has 2 N–H and O–H groups in total. The maximum Gasteiger partial charge on any atom is 0.228 e. The van der Waals surface area contributed by atoms with Gasteiger partial charge in [0.2, 0.25) is 5.91 Å². The van der Waals surface area contributed by atoms with Gasteiger partial charge in [-0.15, -0.1) is 0 Å². The summed E-state index contributed by atoms with van der Waals surface area (Å²) in [6.07, 6.45) is 3.37. The fourth-order valence-electron chi connectivity index (χ4n) is 3.77. The molecule has 2 aromatic carbocycles. The van der Waals surface area contributed by atoms with Gasteiger partial charge < -0.3 is 15.4 Å². The number of aryl methyl sites for hydroxylation is 2. The van der Waals surface area contributed by atoms with Gasteiger partial charge in [0, 0.05) is 19.0 Å². The molecule has 4 aromatic rings. The molecular formula is C24H23FN6O2. The summed E-state index contributed by atoms with van der Waals surface area (Å²) in [5.41, 5.74) is 2.71. The van der Waals surface area contributed by atoms with E-state index in [2.05, 4.69) is 25.7 Å². The fraction of sp³-hybridized carbons (Fsp3) is 0.250. The van der Waals surface area contributed by atoms with Crippen LogP contribution in [0.25, 0.3) is 22.3 Å². The zero-order valence-electron chi connectivity index (χ0n) is 18.5. The summed E-state index contributed by atoms with van der Waals surface area (Å²) < 4.78 is 22.5. The number of rotatable bonds is 6. The highest BCUT2D eigenvalue weighted by atomic mass is 19.1. The summed E-state index contributed by atoms with van der Waals surface area (Å²) in [5.74, 6) is 0.982. The minimum Gasteiger partial charge on any atom is -0.494 e. The lowest BCUT2D eigenvalue weighted by molar-refractivity contribution is -0.117. The molecule has 2 aromatic heterocycles. The monoisotopic (exact) mass is 446 g/mol. The van der Waals surface area contributed by atoms with Gasteiger partial charge in [-0.3, -0.25) is 9.48 Å². The lowest BCUT2D eigenvalue weighted by atomic mass is 10.1. The number of benzene rings is 2. The number of methoxy groups -OCH3 is 1. The third-order valence-corrected chi connectivity index (χ3v) is 5.63. The van der Waals surface area contributed by atoms with E-state index in [0.29, 0.717) is 50.8 Å². The van der Waals surface area contributed by atoms with Crippen LogP contribution in [0.3, 0.4) is 0 Å². The first-order valence-corrected chi connectivity index (χ1v) is 10.7. The van der Waals surface area contributed by atoms with E-state index in [9.17, 15) is 4.79 Å². The molecule has 2 heterocycles. The summed E-state index contributed by atoms with van der Waals surface area (Å²) in [6.45, 7) is 1.70. The van der Waals surface area contributed by atoms with E-state index in [1.54, 1.807) is 50.3 Å². The van der Waals surface area contributed by atoms with Gasteiger partial charge in [0.1, 0.15) is 18.0 Å². The molecule has 33 heavy (non-hydrogen) atoms. The molecule has 5 rings (SSSR count). The number of carbonyl (C=O) groups excluding carboxylic acids is 1. The quantitative estimate of drug-likeness (QED) is 0.450. The number of hydrogen-bond acceptors (Lipinski definition) is 6. The number of ether oxygens (including phenoxy) is 1. The topological polar surface area (TPSA) is 94.0 Å². The summed E-state index contributed by atoms with van der Waals surface area (Å²) in [5, 5.41) is 10.8. The zero-order valence-corrected chi connectivity index (χ0v) is 18.5. The van der Waals surface area contributed by atoms with Gasteiger partial charge in [-0.05, 0) is 43.5 Å². The van der Waals surface area contributed by atoms with E-state index in [1.807, 2.05) is 18.2 Å². The van der Waals surface area contributed by atoms with Gasteiger partial charge >= 0.3 is 0 Å². The van der Waals surface area contributed by atoms with Crippen molar-refractivity contribution < 1.29 is 13.9 Å². The Kier molecular flexibility index (Phi) is 5.16. The average molecular weight is 446 g/mol. The molecule has 1 amide bonds. The molecule has 1 saturated carbocycles. The van der Waals surface area contributed by atoms with Crippen LogP contribution in [0.2, 0.25) is 0 Å². The van der Waals surface area contributed by atoms with Gasteiger partial charge in [-0.1, -0.05) is 12.1 Å². The Hall–Kier alpha value is -4.01. The predicted molar refractivity (Wildman–Crippen MR) is 124 cm³/mol. The van der Waals surface area contributed by atoms with E-state index in [1.165, 1.54) is 0 Å². The number of fused-ring (bicyclic) bond motifs is 1. The Bertz CT molecular complexity index is 1380. The number of hydrogen-bond donors (Lipinski definition) is 2. The zero-order chi connectivity index (χ0) is 23.1. The summed E-state index contributed by atoms with van der Waals surface area (Å²) in [7, 11) is 3.35. The highest BCUT2D eigenvalue weighted by Gasteiger charge is 2.30. The van der Waals surface area contributed by atoms with E-state index >= 15 is 4.39 Å². The number of pyridine rings is 1. The summed E-state index contributed by atoms with van der Waals surface area (Å²) in [6, 6.07) is 10.6. The van der Waals surface area contributed by atoms with Crippen LogP contribution in [0.5, 0.6) is 5.75 Å². The van der Waals surface area contributed by atoms with Crippen LogP contribution in [0.15, 0.2) is 42.7 Å². The Balaban J connectivity index is 1.62. The van der Waals surface area contributed by atoms with Gasteiger partial charge in [-0.25, -0.2) is 14.4 Å². The Morgan fingerprint density at radius 3 is 2.73 bits per heavy atom. The van der Waals surface area contributed by atoms with Crippen molar-refractivity contribution in [1.29, 1.82) is 0 Å². The maximum atomic E-state index is 15.2. The third-order valence-electron chi connectivity index (χ3n) is 5.63. The van der Waals surface area contributed by atoms with E-state index in [4.69, 9.17) is 4.74 Å². The number of nitrogens with one attached hydrogen (secondary N) is 2. The highest BCUT2D eigenvalue weighted by molar-refractivity contribution is 6.00. The molecule has 1 aliphatic rings. The number of amides is 1. The second-order valence-corrected chi connectivity index (χ2v) is 8.16. The van der Waals surface area contributed by atoms with Crippen LogP contribution >= 0.6 is 0 Å². The van der Waals surface area contributed by atoms with Crippen LogP contribution in [-0.2, 0) is 11.8 Å². The van der Waals surface area contributed by atoms with Crippen molar-refractivity contribution in [2.45, 2.75) is 19.8 Å². The van der Waals surface area contributed by atoms with Crippen LogP contribution in [0.4, 0.5) is 21.6 Å². The Labute approximate surface area is 189 Å². The highest BCUT2D eigenvalue weighted by Crippen LogP contribution is 2.39. The number of aromatic nitrogens is 4. The van der Waals surface area contributed by atoms with Crippen LogP contribution in [0.1, 0.15) is 18.4 Å². The normalized spacial score (nSPS) is 13.2. The van der Waals surface area contributed by atoms with Crippen molar-refractivity contribution in [3.63, 3.8) is 0 Å². The fourth-order valence-corrected chi connectivity index (χ4v) is 3.77. The smallest absolute Gasteiger partial charge is 0.228 e. The van der Waals surface area contributed by atoms with Gasteiger partial charge in [-0.2, -0.15) is 5.10 Å². The molecule has 168 valence electrons. The largest absolute Gasteiger partial charge is 0.494 e. The second kappa shape index (κ2) is 8.16. The molecule has 0 radical (unpaired) electrons. The Morgan fingerprint density at radius 1 is 1.21 bits per heavy atom. The van der Waals surface area contributed by atoms with Crippen molar-refractivity contribution in [1.82, 2.24) is 19.7 Å². The number of halogens is 1. The summed E-state index contributed by atoms with van der Waals surface area (Å²) >= 11 is 0. The second-order valence-electron chi connectivity index (χ2n) is 8.16.